The first kappa shape index (κ1) is 19.4. The van der Waals surface area contributed by atoms with Gasteiger partial charge in [-0.15, -0.1) is 0 Å². The van der Waals surface area contributed by atoms with E-state index in [2.05, 4.69) is 54.9 Å². The van der Waals surface area contributed by atoms with Crippen LogP contribution in [0.2, 0.25) is 0 Å². The molecule has 1 nitrogen and oxygen atoms in total. The molecular weight excluding hydrogens is 316 g/mol. The van der Waals surface area contributed by atoms with Crippen LogP contribution in [0.1, 0.15) is 49.3 Å². The van der Waals surface area contributed by atoms with E-state index in [9.17, 15) is 0 Å². The van der Waals surface area contributed by atoms with Crippen LogP contribution in [-0.2, 0) is 6.42 Å². The van der Waals surface area contributed by atoms with Crippen molar-refractivity contribution in [2.24, 2.45) is 0 Å². The molecule has 2 aromatic rings. The number of methoxy groups -OCH3 is 1. The van der Waals surface area contributed by atoms with E-state index >= 15 is 0 Å². The molecule has 1 heteroatoms. The molecule has 26 heavy (non-hydrogen) atoms. The molecule has 0 amide bonds. The summed E-state index contributed by atoms with van der Waals surface area (Å²) in [7, 11) is 1.66. The van der Waals surface area contributed by atoms with Crippen LogP contribution in [0, 0.1) is 23.7 Å². The summed E-state index contributed by atoms with van der Waals surface area (Å²) < 4.78 is 5.12. The third kappa shape index (κ3) is 7.33. The number of benzene rings is 2. The first-order chi connectivity index (χ1) is 12.8. The van der Waals surface area contributed by atoms with Gasteiger partial charge in [-0.2, -0.15) is 0 Å². The van der Waals surface area contributed by atoms with Gasteiger partial charge < -0.3 is 4.74 Å². The summed E-state index contributed by atoms with van der Waals surface area (Å²) in [6, 6.07) is 16.2. The molecule has 0 spiro atoms. The van der Waals surface area contributed by atoms with Crippen molar-refractivity contribution in [3.63, 3.8) is 0 Å². The Kier molecular flexibility index (Phi) is 8.68. The van der Waals surface area contributed by atoms with Gasteiger partial charge in [-0.25, -0.2) is 0 Å². The molecular formula is C25H26O. The minimum Gasteiger partial charge on any atom is -0.497 e. The molecule has 0 heterocycles. The third-order valence-corrected chi connectivity index (χ3v) is 4.05. The van der Waals surface area contributed by atoms with Crippen LogP contribution < -0.4 is 4.74 Å². The van der Waals surface area contributed by atoms with E-state index in [-0.39, 0.29) is 0 Å². The van der Waals surface area contributed by atoms with Gasteiger partial charge in [0.1, 0.15) is 5.75 Å². The van der Waals surface area contributed by atoms with Crippen LogP contribution in [0.4, 0.5) is 0 Å². The van der Waals surface area contributed by atoms with Gasteiger partial charge in [-0.1, -0.05) is 62.0 Å². The van der Waals surface area contributed by atoms with Gasteiger partial charge >= 0.3 is 0 Å². The lowest BCUT2D eigenvalue weighted by Crippen LogP contribution is -1.86. The summed E-state index contributed by atoms with van der Waals surface area (Å²) in [5.41, 5.74) is 3.39. The molecule has 0 atom stereocenters. The molecule has 0 aromatic heterocycles. The lowest BCUT2D eigenvalue weighted by atomic mass is 10.0. The highest BCUT2D eigenvalue weighted by Crippen LogP contribution is 2.10. The van der Waals surface area contributed by atoms with E-state index in [4.69, 9.17) is 4.74 Å². The van der Waals surface area contributed by atoms with Crippen LogP contribution >= 0.6 is 0 Å². The maximum absolute atomic E-state index is 5.12. The van der Waals surface area contributed by atoms with Gasteiger partial charge in [-0.05, 0) is 67.0 Å². The molecule has 0 radical (unpaired) electrons. The highest BCUT2D eigenvalue weighted by atomic mass is 16.5. The second-order valence-electron chi connectivity index (χ2n) is 6.11. The summed E-state index contributed by atoms with van der Waals surface area (Å²) in [6.07, 6.45) is 9.93. The van der Waals surface area contributed by atoms with Gasteiger partial charge in [0.2, 0.25) is 0 Å². The van der Waals surface area contributed by atoms with E-state index in [0.717, 1.165) is 23.3 Å². The Bertz CT molecular complexity index is 803. The van der Waals surface area contributed by atoms with Gasteiger partial charge in [0.05, 0.1) is 7.11 Å². The first-order valence-electron chi connectivity index (χ1n) is 9.23. The molecule has 132 valence electrons. The summed E-state index contributed by atoms with van der Waals surface area (Å²) in [5, 5.41) is 0. The number of hydrogen-bond donors (Lipinski definition) is 0. The minimum absolute atomic E-state index is 0.837. The number of ether oxygens (including phenoxy) is 1. The average Bonchev–Trinajstić information content (AvgIpc) is 2.69. The predicted molar refractivity (Wildman–Crippen MR) is 110 cm³/mol. The zero-order valence-corrected chi connectivity index (χ0v) is 15.7. The van der Waals surface area contributed by atoms with E-state index in [1.807, 2.05) is 24.3 Å². The topological polar surface area (TPSA) is 9.23 Å². The Hall–Kier alpha value is -2.90. The number of unbranched alkanes of at least 4 members (excludes halogenated alkanes) is 3. The molecule has 0 N–H and O–H groups in total. The standard InChI is InChI=1S/C25H26O/c1-3-4-5-8-11-22-14-16-23(17-15-22)12-9-6-7-10-13-24-18-20-25(26-2)21-19-24/h6-7,14-21H,3-5,8,11H2,1-2H3. The monoisotopic (exact) mass is 342 g/mol. The zero-order valence-electron chi connectivity index (χ0n) is 15.7. The molecule has 0 saturated carbocycles. The molecule has 0 aliphatic carbocycles. The fourth-order valence-corrected chi connectivity index (χ4v) is 2.52. The van der Waals surface area contributed by atoms with E-state index < -0.39 is 0 Å². The third-order valence-electron chi connectivity index (χ3n) is 4.05. The van der Waals surface area contributed by atoms with Crippen molar-refractivity contribution in [3.8, 4) is 29.4 Å². The molecule has 0 aliphatic rings. The smallest absolute Gasteiger partial charge is 0.118 e. The van der Waals surface area contributed by atoms with Crippen LogP contribution in [0.3, 0.4) is 0 Å². The second kappa shape index (κ2) is 11.6. The van der Waals surface area contributed by atoms with Gasteiger partial charge in [0.25, 0.3) is 0 Å². The molecule has 0 fully saturated rings. The van der Waals surface area contributed by atoms with E-state index in [1.54, 1.807) is 19.3 Å². The summed E-state index contributed by atoms with van der Waals surface area (Å²) in [6.45, 7) is 2.24. The SMILES string of the molecule is CCCCCCc1ccc(C#CC=CC#Cc2ccc(OC)cc2)cc1. The molecule has 0 bridgehead atoms. The molecule has 2 aromatic carbocycles. The van der Waals surface area contributed by atoms with Crippen molar-refractivity contribution in [1.29, 1.82) is 0 Å². The highest BCUT2D eigenvalue weighted by Gasteiger charge is 1.93. The Morgan fingerprint density at radius 3 is 1.88 bits per heavy atom. The van der Waals surface area contributed by atoms with E-state index in [1.165, 1.54) is 31.2 Å². The van der Waals surface area contributed by atoms with Crippen molar-refractivity contribution in [1.82, 2.24) is 0 Å². The summed E-state index contributed by atoms with van der Waals surface area (Å²) in [4.78, 5) is 0. The lowest BCUT2D eigenvalue weighted by molar-refractivity contribution is 0.415. The Morgan fingerprint density at radius 2 is 1.35 bits per heavy atom. The van der Waals surface area contributed by atoms with Crippen LogP contribution in [0.15, 0.2) is 60.7 Å². The highest BCUT2D eigenvalue weighted by molar-refractivity contribution is 5.42. The molecule has 0 unspecified atom stereocenters. The maximum Gasteiger partial charge on any atom is 0.118 e. The normalized spacial score (nSPS) is 9.92. The zero-order chi connectivity index (χ0) is 18.5. The van der Waals surface area contributed by atoms with Gasteiger partial charge in [0.15, 0.2) is 0 Å². The number of rotatable bonds is 6. The summed E-state index contributed by atoms with van der Waals surface area (Å²) >= 11 is 0. The van der Waals surface area contributed by atoms with Crippen LogP contribution in [-0.4, -0.2) is 7.11 Å². The van der Waals surface area contributed by atoms with Crippen LogP contribution in [0.25, 0.3) is 0 Å². The second-order valence-corrected chi connectivity index (χ2v) is 6.11. The fraction of sp³-hybridized carbons (Fsp3) is 0.280. The van der Waals surface area contributed by atoms with Crippen LogP contribution in [0.5, 0.6) is 5.75 Å². The average molecular weight is 342 g/mol. The first-order valence-corrected chi connectivity index (χ1v) is 9.23. The van der Waals surface area contributed by atoms with Gasteiger partial charge in [-0.3, -0.25) is 0 Å². The largest absolute Gasteiger partial charge is 0.497 e. The number of hydrogen-bond acceptors (Lipinski definition) is 1. The van der Waals surface area contributed by atoms with Crippen molar-refractivity contribution in [2.45, 2.75) is 39.0 Å². The fourth-order valence-electron chi connectivity index (χ4n) is 2.52. The number of allylic oxidation sites excluding steroid dienone is 2. The molecule has 0 aliphatic heterocycles. The Morgan fingerprint density at radius 1 is 0.769 bits per heavy atom. The minimum atomic E-state index is 0.837. The number of aryl methyl sites for hydroxylation is 1. The molecule has 2 rings (SSSR count). The van der Waals surface area contributed by atoms with Crippen molar-refractivity contribution in [2.75, 3.05) is 7.11 Å². The van der Waals surface area contributed by atoms with Crippen molar-refractivity contribution in [3.05, 3.63) is 77.4 Å². The van der Waals surface area contributed by atoms with Gasteiger partial charge in [0, 0.05) is 11.1 Å². The lowest BCUT2D eigenvalue weighted by Gasteiger charge is -2.01. The Balaban J connectivity index is 1.81. The molecule has 0 saturated heterocycles. The predicted octanol–water partition coefficient (Wildman–Crippen LogP) is 5.78. The van der Waals surface area contributed by atoms with Crippen molar-refractivity contribution < 1.29 is 4.74 Å². The summed E-state index contributed by atoms with van der Waals surface area (Å²) in [5.74, 6) is 13.1. The van der Waals surface area contributed by atoms with Crippen molar-refractivity contribution >= 4 is 0 Å². The Labute approximate surface area is 158 Å². The maximum atomic E-state index is 5.12. The van der Waals surface area contributed by atoms with E-state index in [0.29, 0.717) is 0 Å². The quantitative estimate of drug-likeness (QED) is 0.478.